The molecule has 0 radical (unpaired) electrons. The minimum absolute atomic E-state index is 0.0341. The summed E-state index contributed by atoms with van der Waals surface area (Å²) in [6.45, 7) is 1.85. The number of benzene rings is 1. The number of sulfonamides is 1. The average Bonchev–Trinajstić information content (AvgIpc) is 2.83. The molecule has 1 amide bonds. The zero-order chi connectivity index (χ0) is 17.4. The number of rotatable bonds is 7. The molecule has 1 saturated heterocycles. The van der Waals surface area contributed by atoms with E-state index in [4.69, 9.17) is 0 Å². The summed E-state index contributed by atoms with van der Waals surface area (Å²) in [6, 6.07) is 9.99. The Hall–Kier alpha value is -1.40. The maximum atomic E-state index is 12.5. The minimum Gasteiger partial charge on any atom is -0.342 e. The van der Waals surface area contributed by atoms with E-state index in [2.05, 4.69) is 0 Å². The van der Waals surface area contributed by atoms with E-state index in [-0.39, 0.29) is 12.5 Å². The smallest absolute Gasteiger partial charge is 0.237 e. The number of hydrogen-bond acceptors (Lipinski definition) is 3. The Morgan fingerprint density at radius 3 is 2.29 bits per heavy atom. The third kappa shape index (κ3) is 6.24. The molecule has 0 saturated carbocycles. The first-order chi connectivity index (χ1) is 11.5. The molecule has 0 unspecified atom stereocenters. The van der Waals surface area contributed by atoms with Gasteiger partial charge in [-0.3, -0.25) is 4.79 Å². The van der Waals surface area contributed by atoms with Crippen molar-refractivity contribution in [2.45, 2.75) is 38.5 Å². The van der Waals surface area contributed by atoms with Crippen LogP contribution in [0.25, 0.3) is 0 Å². The number of amides is 1. The third-order valence-electron chi connectivity index (χ3n) is 4.46. The van der Waals surface area contributed by atoms with Crippen LogP contribution >= 0.6 is 0 Å². The zero-order valence-electron chi connectivity index (χ0n) is 14.5. The van der Waals surface area contributed by atoms with E-state index in [1.54, 1.807) is 0 Å². The van der Waals surface area contributed by atoms with Crippen LogP contribution < -0.4 is 0 Å². The first-order valence-corrected chi connectivity index (χ1v) is 10.6. The van der Waals surface area contributed by atoms with Crippen LogP contribution in [-0.2, 0) is 21.2 Å². The number of carbonyl (C=O) groups is 1. The summed E-state index contributed by atoms with van der Waals surface area (Å²) < 4.78 is 25.4. The second-order valence-electron chi connectivity index (χ2n) is 6.48. The fraction of sp³-hybridized carbons (Fsp3) is 0.611. The van der Waals surface area contributed by atoms with Gasteiger partial charge in [0, 0.05) is 19.6 Å². The van der Waals surface area contributed by atoms with Crippen LogP contribution in [0.3, 0.4) is 0 Å². The van der Waals surface area contributed by atoms with Crippen LogP contribution in [0, 0.1) is 0 Å². The number of nitrogens with zero attached hydrogens (tertiary/aromatic N) is 2. The predicted molar refractivity (Wildman–Crippen MR) is 96.2 cm³/mol. The number of carbonyl (C=O) groups excluding carboxylic acids is 1. The summed E-state index contributed by atoms with van der Waals surface area (Å²) in [5.74, 6) is -0.0676. The number of aryl methyl sites for hydroxylation is 1. The van der Waals surface area contributed by atoms with Crippen LogP contribution in [0.15, 0.2) is 30.3 Å². The van der Waals surface area contributed by atoms with Crippen molar-refractivity contribution < 1.29 is 13.2 Å². The SMILES string of the molecule is CS(=O)(=O)N(CCCc1ccccc1)CC(=O)N1CCCCCC1. The molecule has 1 fully saturated rings. The molecule has 134 valence electrons. The molecular weight excluding hydrogens is 324 g/mol. The van der Waals surface area contributed by atoms with Crippen LogP contribution in [0.5, 0.6) is 0 Å². The monoisotopic (exact) mass is 352 g/mol. The molecule has 1 aliphatic heterocycles. The summed E-state index contributed by atoms with van der Waals surface area (Å²) in [5.41, 5.74) is 1.18. The van der Waals surface area contributed by atoms with Crippen molar-refractivity contribution in [1.29, 1.82) is 0 Å². The maximum Gasteiger partial charge on any atom is 0.237 e. The van der Waals surface area contributed by atoms with E-state index in [9.17, 15) is 13.2 Å². The van der Waals surface area contributed by atoms with Crippen molar-refractivity contribution in [2.75, 3.05) is 32.4 Å². The van der Waals surface area contributed by atoms with E-state index < -0.39 is 10.0 Å². The van der Waals surface area contributed by atoms with Gasteiger partial charge in [-0.15, -0.1) is 0 Å². The lowest BCUT2D eigenvalue weighted by molar-refractivity contribution is -0.131. The summed E-state index contributed by atoms with van der Waals surface area (Å²) in [7, 11) is -3.38. The summed E-state index contributed by atoms with van der Waals surface area (Å²) in [4.78, 5) is 14.3. The highest BCUT2D eigenvalue weighted by molar-refractivity contribution is 7.88. The van der Waals surface area contributed by atoms with Crippen LogP contribution in [-0.4, -0.2) is 56.0 Å². The topological polar surface area (TPSA) is 57.7 Å². The quantitative estimate of drug-likeness (QED) is 0.756. The fourth-order valence-corrected chi connectivity index (χ4v) is 3.84. The van der Waals surface area contributed by atoms with Crippen molar-refractivity contribution in [3.8, 4) is 0 Å². The van der Waals surface area contributed by atoms with Gasteiger partial charge in [-0.25, -0.2) is 8.42 Å². The van der Waals surface area contributed by atoms with E-state index >= 15 is 0 Å². The first kappa shape index (κ1) is 18.9. The summed E-state index contributed by atoms with van der Waals surface area (Å²) >= 11 is 0. The second-order valence-corrected chi connectivity index (χ2v) is 8.46. The van der Waals surface area contributed by atoms with Gasteiger partial charge < -0.3 is 4.90 Å². The number of likely N-dealkylation sites (tertiary alicyclic amines) is 1. The Morgan fingerprint density at radius 2 is 1.71 bits per heavy atom. The molecule has 1 aromatic rings. The standard InChI is InChI=1S/C18H28N2O3S/c1-24(22,23)20(15-9-12-17-10-5-4-6-11-17)16-18(21)19-13-7-2-3-8-14-19/h4-6,10-11H,2-3,7-9,12-16H2,1H3. The molecular formula is C18H28N2O3S. The lowest BCUT2D eigenvalue weighted by atomic mass is 10.1. The molecule has 0 N–H and O–H groups in total. The van der Waals surface area contributed by atoms with E-state index in [0.717, 1.165) is 45.2 Å². The Bertz CT molecular complexity index is 608. The third-order valence-corrected chi connectivity index (χ3v) is 5.70. The van der Waals surface area contributed by atoms with Gasteiger partial charge in [-0.1, -0.05) is 43.2 Å². The van der Waals surface area contributed by atoms with Crippen LogP contribution in [0.2, 0.25) is 0 Å². The highest BCUT2D eigenvalue weighted by atomic mass is 32.2. The normalized spacial score (nSPS) is 16.2. The Labute approximate surface area is 145 Å². The van der Waals surface area contributed by atoms with Crippen molar-refractivity contribution in [2.24, 2.45) is 0 Å². The van der Waals surface area contributed by atoms with Crippen molar-refractivity contribution in [3.05, 3.63) is 35.9 Å². The Kier molecular flexibility index (Phi) is 7.24. The molecule has 1 aliphatic rings. The highest BCUT2D eigenvalue weighted by Crippen LogP contribution is 2.11. The highest BCUT2D eigenvalue weighted by Gasteiger charge is 2.23. The van der Waals surface area contributed by atoms with Gasteiger partial charge in [-0.2, -0.15) is 4.31 Å². The average molecular weight is 353 g/mol. The fourth-order valence-electron chi connectivity index (χ4n) is 3.04. The molecule has 0 bridgehead atoms. The van der Waals surface area contributed by atoms with E-state index in [1.165, 1.54) is 16.1 Å². The molecule has 24 heavy (non-hydrogen) atoms. The second kappa shape index (κ2) is 9.18. The van der Waals surface area contributed by atoms with Crippen LogP contribution in [0.1, 0.15) is 37.7 Å². The first-order valence-electron chi connectivity index (χ1n) is 8.73. The van der Waals surface area contributed by atoms with Gasteiger partial charge in [0.15, 0.2) is 0 Å². The molecule has 2 rings (SSSR count). The predicted octanol–water partition coefficient (Wildman–Crippen LogP) is 2.28. The van der Waals surface area contributed by atoms with Gasteiger partial charge in [0.1, 0.15) is 0 Å². The van der Waals surface area contributed by atoms with Crippen molar-refractivity contribution >= 4 is 15.9 Å². The van der Waals surface area contributed by atoms with Crippen molar-refractivity contribution in [3.63, 3.8) is 0 Å². The molecule has 6 heteroatoms. The van der Waals surface area contributed by atoms with Gasteiger partial charge in [0.25, 0.3) is 0 Å². The minimum atomic E-state index is -3.38. The number of hydrogen-bond donors (Lipinski definition) is 0. The molecule has 1 heterocycles. The van der Waals surface area contributed by atoms with Gasteiger partial charge >= 0.3 is 0 Å². The molecule has 0 spiro atoms. The van der Waals surface area contributed by atoms with E-state index in [0.29, 0.717) is 13.0 Å². The molecule has 1 aromatic carbocycles. The lowest BCUT2D eigenvalue weighted by Gasteiger charge is -2.25. The summed E-state index contributed by atoms with van der Waals surface area (Å²) in [6.07, 6.45) is 7.03. The molecule has 0 aliphatic carbocycles. The molecule has 0 atom stereocenters. The summed E-state index contributed by atoms with van der Waals surface area (Å²) in [5, 5.41) is 0. The lowest BCUT2D eigenvalue weighted by Crippen LogP contribution is -2.43. The zero-order valence-corrected chi connectivity index (χ0v) is 15.3. The molecule has 0 aromatic heterocycles. The largest absolute Gasteiger partial charge is 0.342 e. The van der Waals surface area contributed by atoms with Gasteiger partial charge in [0.05, 0.1) is 12.8 Å². The Balaban J connectivity index is 1.89. The van der Waals surface area contributed by atoms with Crippen molar-refractivity contribution in [1.82, 2.24) is 9.21 Å². The van der Waals surface area contributed by atoms with E-state index in [1.807, 2.05) is 35.2 Å². The Morgan fingerprint density at radius 1 is 1.08 bits per heavy atom. The van der Waals surface area contributed by atoms with Crippen LogP contribution in [0.4, 0.5) is 0 Å². The van der Waals surface area contributed by atoms with Gasteiger partial charge in [-0.05, 0) is 31.2 Å². The molecule has 5 nitrogen and oxygen atoms in total. The van der Waals surface area contributed by atoms with Gasteiger partial charge in [0.2, 0.25) is 15.9 Å². The maximum absolute atomic E-state index is 12.5.